The number of hydrogen-bond acceptors (Lipinski definition) is 5. The molecule has 1 spiro atoms. The Bertz CT molecular complexity index is 590. The van der Waals surface area contributed by atoms with Crippen molar-refractivity contribution in [2.24, 2.45) is 0 Å². The number of piperidine rings is 1. The molecule has 0 saturated carbocycles. The van der Waals surface area contributed by atoms with E-state index in [4.69, 9.17) is 14.2 Å². The summed E-state index contributed by atoms with van der Waals surface area (Å²) >= 11 is 0. The number of fused-ring (bicyclic) bond motifs is 1. The zero-order valence-corrected chi connectivity index (χ0v) is 13.8. The molecule has 2 fully saturated rings. The summed E-state index contributed by atoms with van der Waals surface area (Å²) in [6.07, 6.45) is 2.48. The maximum Gasteiger partial charge on any atom is 0.234 e. The number of nitrogens with one attached hydrogen (secondary N) is 1. The predicted octanol–water partition coefficient (Wildman–Crippen LogP) is 1.47. The molecule has 1 aromatic rings. The van der Waals surface area contributed by atoms with Crippen LogP contribution in [0.5, 0.6) is 5.75 Å². The van der Waals surface area contributed by atoms with Gasteiger partial charge in [0, 0.05) is 37.9 Å². The van der Waals surface area contributed by atoms with Gasteiger partial charge in [0.2, 0.25) is 5.91 Å². The molecule has 1 aromatic carbocycles. The summed E-state index contributed by atoms with van der Waals surface area (Å²) in [4.78, 5) is 14.6. The minimum Gasteiger partial charge on any atom is -0.493 e. The number of benzene rings is 1. The first-order chi connectivity index (χ1) is 11.7. The second-order valence-corrected chi connectivity index (χ2v) is 6.68. The van der Waals surface area contributed by atoms with Crippen molar-refractivity contribution >= 4 is 5.91 Å². The molecule has 0 radical (unpaired) electrons. The molecule has 130 valence electrons. The standard InChI is InChI=1S/C18H24N2O4/c21-17(13-20-8-6-18(7-9-20)23-11-12-24-18)19-15-5-10-22-16-4-2-1-3-14(15)16/h1-4,15H,5-13H2,(H,19,21). The van der Waals surface area contributed by atoms with Gasteiger partial charge < -0.3 is 19.5 Å². The zero-order valence-electron chi connectivity index (χ0n) is 13.8. The monoisotopic (exact) mass is 332 g/mol. The Morgan fingerprint density at radius 3 is 2.71 bits per heavy atom. The second-order valence-electron chi connectivity index (χ2n) is 6.68. The highest BCUT2D eigenvalue weighted by molar-refractivity contribution is 5.78. The molecule has 1 N–H and O–H groups in total. The number of para-hydroxylation sites is 1. The Kier molecular flexibility index (Phi) is 4.43. The number of rotatable bonds is 3. The van der Waals surface area contributed by atoms with Crippen molar-refractivity contribution in [1.82, 2.24) is 10.2 Å². The van der Waals surface area contributed by atoms with E-state index in [0.29, 0.717) is 26.4 Å². The van der Waals surface area contributed by atoms with Crippen LogP contribution in [0.1, 0.15) is 30.9 Å². The summed E-state index contributed by atoms with van der Waals surface area (Å²) in [5.41, 5.74) is 1.07. The van der Waals surface area contributed by atoms with Gasteiger partial charge in [0.05, 0.1) is 32.4 Å². The van der Waals surface area contributed by atoms with Crippen LogP contribution in [-0.2, 0) is 14.3 Å². The third-order valence-corrected chi connectivity index (χ3v) is 5.09. The fourth-order valence-electron chi connectivity index (χ4n) is 3.77. The highest BCUT2D eigenvalue weighted by Crippen LogP contribution is 2.32. The van der Waals surface area contributed by atoms with Crippen LogP contribution in [-0.4, -0.2) is 56.0 Å². The van der Waals surface area contributed by atoms with Crippen LogP contribution in [0.3, 0.4) is 0 Å². The Balaban J connectivity index is 1.30. The van der Waals surface area contributed by atoms with Crippen LogP contribution in [0.25, 0.3) is 0 Å². The third-order valence-electron chi connectivity index (χ3n) is 5.09. The summed E-state index contributed by atoms with van der Waals surface area (Å²) in [6, 6.07) is 7.97. The van der Waals surface area contributed by atoms with Gasteiger partial charge in [0.25, 0.3) is 0 Å². The van der Waals surface area contributed by atoms with E-state index in [2.05, 4.69) is 10.2 Å². The lowest BCUT2D eigenvalue weighted by atomic mass is 10.0. The highest BCUT2D eigenvalue weighted by atomic mass is 16.7. The summed E-state index contributed by atoms with van der Waals surface area (Å²) in [6.45, 7) is 4.10. The Morgan fingerprint density at radius 1 is 1.17 bits per heavy atom. The van der Waals surface area contributed by atoms with E-state index in [-0.39, 0.29) is 17.7 Å². The van der Waals surface area contributed by atoms with Crippen molar-refractivity contribution in [2.45, 2.75) is 31.1 Å². The molecule has 0 aliphatic carbocycles. The Morgan fingerprint density at radius 2 is 1.92 bits per heavy atom. The van der Waals surface area contributed by atoms with Gasteiger partial charge in [-0.3, -0.25) is 9.69 Å². The number of likely N-dealkylation sites (tertiary alicyclic amines) is 1. The lowest BCUT2D eigenvalue weighted by molar-refractivity contribution is -0.185. The minimum absolute atomic E-state index is 0.0417. The van der Waals surface area contributed by atoms with E-state index in [1.807, 2.05) is 24.3 Å². The van der Waals surface area contributed by atoms with Gasteiger partial charge in [-0.05, 0) is 6.07 Å². The van der Waals surface area contributed by atoms with E-state index in [1.165, 1.54) is 0 Å². The molecule has 2 saturated heterocycles. The molecule has 3 aliphatic rings. The molecule has 6 heteroatoms. The van der Waals surface area contributed by atoms with E-state index in [0.717, 1.165) is 43.7 Å². The van der Waals surface area contributed by atoms with Gasteiger partial charge in [-0.2, -0.15) is 0 Å². The molecule has 0 aromatic heterocycles. The normalized spacial score (nSPS) is 25.9. The molecular formula is C18H24N2O4. The molecular weight excluding hydrogens is 308 g/mol. The number of nitrogens with zero attached hydrogens (tertiary/aromatic N) is 1. The average molecular weight is 332 g/mol. The van der Waals surface area contributed by atoms with Crippen molar-refractivity contribution in [1.29, 1.82) is 0 Å². The first-order valence-corrected chi connectivity index (χ1v) is 8.75. The van der Waals surface area contributed by atoms with Crippen LogP contribution in [0.15, 0.2) is 24.3 Å². The van der Waals surface area contributed by atoms with E-state index in [1.54, 1.807) is 0 Å². The van der Waals surface area contributed by atoms with Crippen LogP contribution in [0, 0.1) is 0 Å². The fourth-order valence-corrected chi connectivity index (χ4v) is 3.77. The van der Waals surface area contributed by atoms with Gasteiger partial charge in [0.1, 0.15) is 5.75 Å². The fraction of sp³-hybridized carbons (Fsp3) is 0.611. The number of hydrogen-bond donors (Lipinski definition) is 1. The van der Waals surface area contributed by atoms with Crippen LogP contribution < -0.4 is 10.1 Å². The molecule has 24 heavy (non-hydrogen) atoms. The van der Waals surface area contributed by atoms with Crippen LogP contribution in [0.4, 0.5) is 0 Å². The van der Waals surface area contributed by atoms with E-state index < -0.39 is 0 Å². The highest BCUT2D eigenvalue weighted by Gasteiger charge is 2.40. The summed E-state index contributed by atoms with van der Waals surface area (Å²) in [5.74, 6) is 0.567. The first kappa shape index (κ1) is 15.9. The number of ether oxygens (including phenoxy) is 3. The number of amides is 1. The first-order valence-electron chi connectivity index (χ1n) is 8.75. The van der Waals surface area contributed by atoms with Crippen molar-refractivity contribution in [3.63, 3.8) is 0 Å². The Hall–Kier alpha value is -1.63. The van der Waals surface area contributed by atoms with Crippen LogP contribution >= 0.6 is 0 Å². The second kappa shape index (κ2) is 6.70. The van der Waals surface area contributed by atoms with Gasteiger partial charge in [0.15, 0.2) is 5.79 Å². The topological polar surface area (TPSA) is 60.0 Å². The van der Waals surface area contributed by atoms with Crippen molar-refractivity contribution < 1.29 is 19.0 Å². The lowest BCUT2D eigenvalue weighted by Gasteiger charge is -2.37. The van der Waals surface area contributed by atoms with E-state index >= 15 is 0 Å². The van der Waals surface area contributed by atoms with Crippen molar-refractivity contribution in [3.05, 3.63) is 29.8 Å². The molecule has 3 aliphatic heterocycles. The SMILES string of the molecule is O=C(CN1CCC2(CC1)OCCO2)NC1CCOc2ccccc21. The van der Waals surface area contributed by atoms with Crippen LogP contribution in [0.2, 0.25) is 0 Å². The molecule has 0 bridgehead atoms. The predicted molar refractivity (Wildman–Crippen MR) is 87.7 cm³/mol. The molecule has 3 heterocycles. The van der Waals surface area contributed by atoms with E-state index in [9.17, 15) is 4.79 Å². The van der Waals surface area contributed by atoms with Gasteiger partial charge in [-0.15, -0.1) is 0 Å². The quantitative estimate of drug-likeness (QED) is 0.908. The molecule has 1 unspecified atom stereocenters. The molecule has 1 amide bonds. The van der Waals surface area contributed by atoms with Gasteiger partial charge in [-0.1, -0.05) is 18.2 Å². The maximum atomic E-state index is 12.4. The zero-order chi connectivity index (χ0) is 16.4. The largest absolute Gasteiger partial charge is 0.493 e. The van der Waals surface area contributed by atoms with Crippen molar-refractivity contribution in [3.8, 4) is 5.75 Å². The third kappa shape index (κ3) is 3.27. The molecule has 6 nitrogen and oxygen atoms in total. The summed E-state index contributed by atoms with van der Waals surface area (Å²) in [7, 11) is 0. The van der Waals surface area contributed by atoms with Gasteiger partial charge >= 0.3 is 0 Å². The number of carbonyl (C=O) groups excluding carboxylic acids is 1. The lowest BCUT2D eigenvalue weighted by Crippen LogP contribution is -2.48. The minimum atomic E-state index is -0.382. The smallest absolute Gasteiger partial charge is 0.234 e. The summed E-state index contributed by atoms with van der Waals surface area (Å²) in [5, 5.41) is 3.16. The van der Waals surface area contributed by atoms with Crippen molar-refractivity contribution in [2.75, 3.05) is 39.5 Å². The van der Waals surface area contributed by atoms with Gasteiger partial charge in [-0.25, -0.2) is 0 Å². The molecule has 4 rings (SSSR count). The summed E-state index contributed by atoms with van der Waals surface area (Å²) < 4.78 is 17.1. The molecule has 1 atom stereocenters. The number of carbonyl (C=O) groups is 1. The maximum absolute atomic E-state index is 12.4. The Labute approximate surface area is 142 Å². The average Bonchev–Trinajstić information content (AvgIpc) is 3.06.